The molecule has 0 unspecified atom stereocenters. The molecule has 0 spiro atoms. The van der Waals surface area contributed by atoms with Crippen LogP contribution >= 0.6 is 0 Å². The Labute approximate surface area is 162 Å². The molecule has 0 saturated heterocycles. The minimum atomic E-state index is 0.179. The predicted octanol–water partition coefficient (Wildman–Crippen LogP) is 4.23. The monoisotopic (exact) mass is 363 g/mol. The zero-order chi connectivity index (χ0) is 18.5. The zero-order valence-corrected chi connectivity index (χ0v) is 16.0. The lowest BCUT2D eigenvalue weighted by Gasteiger charge is -2.29. The third kappa shape index (κ3) is 4.68. The number of fused-ring (bicyclic) bond motifs is 1. The second-order valence-corrected chi connectivity index (χ2v) is 7.95. The van der Waals surface area contributed by atoms with Crippen molar-refractivity contribution in [2.75, 3.05) is 11.4 Å². The van der Waals surface area contributed by atoms with E-state index in [0.717, 1.165) is 30.9 Å². The number of carbonyl (C=O) groups excluding carboxylic acids is 1. The number of pyridine rings is 1. The molecule has 142 valence electrons. The Balaban J connectivity index is 1.28. The number of amides is 1. The molecule has 4 heteroatoms. The number of nitrogens with one attached hydrogen (secondary N) is 1. The molecule has 1 aliphatic carbocycles. The van der Waals surface area contributed by atoms with Gasteiger partial charge in [0.1, 0.15) is 5.82 Å². The van der Waals surface area contributed by atoms with Crippen molar-refractivity contribution in [3.63, 3.8) is 0 Å². The molecule has 0 bridgehead atoms. The summed E-state index contributed by atoms with van der Waals surface area (Å²) >= 11 is 0. The fourth-order valence-corrected chi connectivity index (χ4v) is 4.33. The normalized spacial score (nSPS) is 17.4. The molecule has 2 aromatic rings. The quantitative estimate of drug-likeness (QED) is 0.865. The molecule has 27 heavy (non-hydrogen) atoms. The summed E-state index contributed by atoms with van der Waals surface area (Å²) < 4.78 is 0. The number of hydrogen-bond acceptors (Lipinski definition) is 3. The first-order valence-electron chi connectivity index (χ1n) is 10.3. The second-order valence-electron chi connectivity index (χ2n) is 7.95. The first kappa shape index (κ1) is 18.0. The van der Waals surface area contributed by atoms with Crippen molar-refractivity contribution >= 4 is 11.7 Å². The third-order valence-electron chi connectivity index (χ3n) is 5.95. The number of benzene rings is 1. The average Bonchev–Trinajstić information content (AvgIpc) is 2.73. The van der Waals surface area contributed by atoms with Crippen molar-refractivity contribution in [1.29, 1.82) is 0 Å². The van der Waals surface area contributed by atoms with Crippen molar-refractivity contribution in [3.8, 4) is 0 Å². The molecule has 1 amide bonds. The summed E-state index contributed by atoms with van der Waals surface area (Å²) in [5.41, 5.74) is 3.91. The number of anilines is 1. The summed E-state index contributed by atoms with van der Waals surface area (Å²) in [6, 6.07) is 12.8. The van der Waals surface area contributed by atoms with Crippen LogP contribution < -0.4 is 10.2 Å². The van der Waals surface area contributed by atoms with E-state index in [9.17, 15) is 4.79 Å². The largest absolute Gasteiger partial charge is 0.352 e. The standard InChI is InChI=1S/C23H29N3O/c27-23(14-18-6-2-1-3-7-18)25-16-19-10-11-22(24-15-19)26-13-12-20-8-4-5-9-21(20)17-26/h4-5,8-11,15,18H,1-3,6-7,12-14,16-17H2,(H,25,27). The van der Waals surface area contributed by atoms with E-state index in [4.69, 9.17) is 0 Å². The Bertz CT molecular complexity index is 765. The van der Waals surface area contributed by atoms with Gasteiger partial charge in [-0.05, 0) is 47.9 Å². The summed E-state index contributed by atoms with van der Waals surface area (Å²) in [7, 11) is 0. The Morgan fingerprint density at radius 2 is 1.89 bits per heavy atom. The van der Waals surface area contributed by atoms with Crippen molar-refractivity contribution in [3.05, 3.63) is 59.3 Å². The van der Waals surface area contributed by atoms with Crippen molar-refractivity contribution in [2.45, 2.75) is 58.0 Å². The lowest BCUT2D eigenvalue weighted by atomic mass is 9.87. The Morgan fingerprint density at radius 3 is 2.67 bits per heavy atom. The first-order chi connectivity index (χ1) is 13.3. The van der Waals surface area contributed by atoms with E-state index in [-0.39, 0.29) is 5.91 Å². The minimum absolute atomic E-state index is 0.179. The molecule has 2 aliphatic rings. The second kappa shape index (κ2) is 8.55. The van der Waals surface area contributed by atoms with Gasteiger partial charge in [-0.15, -0.1) is 0 Å². The number of nitrogens with zero attached hydrogens (tertiary/aromatic N) is 2. The van der Waals surface area contributed by atoms with Gasteiger partial charge >= 0.3 is 0 Å². The van der Waals surface area contributed by atoms with Gasteiger partial charge in [-0.1, -0.05) is 49.6 Å². The van der Waals surface area contributed by atoms with Crippen LogP contribution in [0.4, 0.5) is 5.82 Å². The van der Waals surface area contributed by atoms with Crippen LogP contribution in [-0.4, -0.2) is 17.4 Å². The summed E-state index contributed by atoms with van der Waals surface area (Å²) in [5.74, 6) is 1.78. The van der Waals surface area contributed by atoms with Crippen LogP contribution in [-0.2, 0) is 24.3 Å². The number of carbonyl (C=O) groups is 1. The van der Waals surface area contributed by atoms with Crippen LogP contribution in [0.1, 0.15) is 55.2 Å². The van der Waals surface area contributed by atoms with E-state index >= 15 is 0 Å². The van der Waals surface area contributed by atoms with Gasteiger partial charge in [0.15, 0.2) is 0 Å². The van der Waals surface area contributed by atoms with Crippen molar-refractivity contribution < 1.29 is 4.79 Å². The van der Waals surface area contributed by atoms with Gasteiger partial charge in [0.25, 0.3) is 0 Å². The van der Waals surface area contributed by atoms with E-state index in [1.165, 1.54) is 43.2 Å². The molecule has 2 heterocycles. The molecule has 1 fully saturated rings. The van der Waals surface area contributed by atoms with E-state index in [1.54, 1.807) is 0 Å². The molecule has 0 radical (unpaired) electrons. The predicted molar refractivity (Wildman–Crippen MR) is 108 cm³/mol. The summed E-state index contributed by atoms with van der Waals surface area (Å²) in [6.07, 6.45) is 9.96. The van der Waals surface area contributed by atoms with Gasteiger partial charge in [-0.25, -0.2) is 4.98 Å². The maximum atomic E-state index is 12.2. The minimum Gasteiger partial charge on any atom is -0.352 e. The van der Waals surface area contributed by atoms with E-state index in [0.29, 0.717) is 18.9 Å². The van der Waals surface area contributed by atoms with E-state index in [1.807, 2.05) is 6.20 Å². The van der Waals surface area contributed by atoms with Gasteiger partial charge in [0.2, 0.25) is 5.91 Å². The molecule has 4 rings (SSSR count). The highest BCUT2D eigenvalue weighted by Gasteiger charge is 2.18. The third-order valence-corrected chi connectivity index (χ3v) is 5.95. The molecule has 4 nitrogen and oxygen atoms in total. The highest BCUT2D eigenvalue weighted by molar-refractivity contribution is 5.76. The van der Waals surface area contributed by atoms with Gasteiger partial charge in [0, 0.05) is 32.3 Å². The molecule has 1 saturated carbocycles. The maximum absolute atomic E-state index is 12.2. The van der Waals surface area contributed by atoms with Crippen LogP contribution in [0.15, 0.2) is 42.6 Å². The zero-order valence-electron chi connectivity index (χ0n) is 16.0. The van der Waals surface area contributed by atoms with Gasteiger partial charge < -0.3 is 10.2 Å². The van der Waals surface area contributed by atoms with E-state index in [2.05, 4.69) is 51.6 Å². The topological polar surface area (TPSA) is 45.2 Å². The SMILES string of the molecule is O=C(CC1CCCCC1)NCc1ccc(N2CCc3ccccc3C2)nc1. The molecular formula is C23H29N3O. The van der Waals surface area contributed by atoms with Crippen molar-refractivity contribution in [1.82, 2.24) is 10.3 Å². The van der Waals surface area contributed by atoms with Crippen LogP contribution in [0.2, 0.25) is 0 Å². The highest BCUT2D eigenvalue weighted by atomic mass is 16.1. The highest BCUT2D eigenvalue weighted by Crippen LogP contribution is 2.26. The Kier molecular flexibility index (Phi) is 5.71. The Morgan fingerprint density at radius 1 is 1.07 bits per heavy atom. The average molecular weight is 364 g/mol. The number of rotatable bonds is 5. The smallest absolute Gasteiger partial charge is 0.220 e. The van der Waals surface area contributed by atoms with Crippen LogP contribution in [0, 0.1) is 5.92 Å². The van der Waals surface area contributed by atoms with Crippen molar-refractivity contribution in [2.24, 2.45) is 5.92 Å². The number of hydrogen-bond donors (Lipinski definition) is 1. The van der Waals surface area contributed by atoms with E-state index < -0.39 is 0 Å². The van der Waals surface area contributed by atoms with Crippen LogP contribution in [0.5, 0.6) is 0 Å². The molecular weight excluding hydrogens is 334 g/mol. The molecule has 1 aromatic carbocycles. The summed E-state index contributed by atoms with van der Waals surface area (Å²) in [6.45, 7) is 2.49. The summed E-state index contributed by atoms with van der Waals surface area (Å²) in [5, 5.41) is 3.07. The van der Waals surface area contributed by atoms with Crippen LogP contribution in [0.25, 0.3) is 0 Å². The number of aromatic nitrogens is 1. The maximum Gasteiger partial charge on any atom is 0.220 e. The molecule has 1 N–H and O–H groups in total. The molecule has 1 aromatic heterocycles. The van der Waals surface area contributed by atoms with Crippen LogP contribution in [0.3, 0.4) is 0 Å². The first-order valence-corrected chi connectivity index (χ1v) is 10.3. The summed E-state index contributed by atoms with van der Waals surface area (Å²) in [4.78, 5) is 19.1. The fraction of sp³-hybridized carbons (Fsp3) is 0.478. The lowest BCUT2D eigenvalue weighted by molar-refractivity contribution is -0.122. The van der Waals surface area contributed by atoms with Gasteiger partial charge in [-0.3, -0.25) is 4.79 Å². The Hall–Kier alpha value is -2.36. The molecule has 0 atom stereocenters. The lowest BCUT2D eigenvalue weighted by Crippen LogP contribution is -2.31. The van der Waals surface area contributed by atoms with Gasteiger partial charge in [-0.2, -0.15) is 0 Å². The van der Waals surface area contributed by atoms with Gasteiger partial charge in [0.05, 0.1) is 0 Å². The fourth-order valence-electron chi connectivity index (χ4n) is 4.33. The molecule has 1 aliphatic heterocycles.